The molecular weight excluding hydrogens is 491 g/mol. The third-order valence-electron chi connectivity index (χ3n) is 8.97. The van der Waals surface area contributed by atoms with Crippen molar-refractivity contribution < 1.29 is 23.1 Å². The summed E-state index contributed by atoms with van der Waals surface area (Å²) in [6, 6.07) is 16.2. The SMILES string of the molecule is CN(c1ccc(-c2ccc(C(=O)N3CCC[C@@H](O)C3)cc2)cc1)C1CCN(CC2(C(F)(F)F)CCC2)CC1. The molecule has 0 radical (unpaired) electrons. The first kappa shape index (κ1) is 27.0. The van der Waals surface area contributed by atoms with Crippen molar-refractivity contribution in [3.63, 3.8) is 0 Å². The smallest absolute Gasteiger partial charge is 0.391 e. The van der Waals surface area contributed by atoms with E-state index >= 15 is 0 Å². The molecule has 2 aromatic rings. The van der Waals surface area contributed by atoms with E-state index in [1.165, 1.54) is 0 Å². The van der Waals surface area contributed by atoms with Crippen LogP contribution >= 0.6 is 0 Å². The Kier molecular flexibility index (Phi) is 7.74. The number of halogens is 3. The summed E-state index contributed by atoms with van der Waals surface area (Å²) in [6.45, 7) is 2.62. The lowest BCUT2D eigenvalue weighted by molar-refractivity contribution is -0.256. The van der Waals surface area contributed by atoms with Crippen LogP contribution in [0.3, 0.4) is 0 Å². The number of alkyl halides is 3. The highest BCUT2D eigenvalue weighted by atomic mass is 19.4. The molecule has 206 valence electrons. The van der Waals surface area contributed by atoms with Gasteiger partial charge in [-0.2, -0.15) is 13.2 Å². The molecule has 0 spiro atoms. The van der Waals surface area contributed by atoms with Crippen LogP contribution in [0.4, 0.5) is 18.9 Å². The topological polar surface area (TPSA) is 47.0 Å². The highest BCUT2D eigenvalue weighted by Crippen LogP contribution is 2.53. The number of anilines is 1. The zero-order valence-electron chi connectivity index (χ0n) is 22.1. The van der Waals surface area contributed by atoms with Crippen molar-refractivity contribution in [2.75, 3.05) is 44.7 Å². The van der Waals surface area contributed by atoms with E-state index in [0.717, 1.165) is 42.5 Å². The third-order valence-corrected chi connectivity index (χ3v) is 8.97. The molecule has 0 aromatic heterocycles. The maximum Gasteiger partial charge on any atom is 0.395 e. The van der Waals surface area contributed by atoms with E-state index in [0.29, 0.717) is 44.2 Å². The first-order chi connectivity index (χ1) is 18.1. The molecule has 5 nitrogen and oxygen atoms in total. The number of amides is 1. The van der Waals surface area contributed by atoms with Crippen molar-refractivity contribution in [2.24, 2.45) is 5.41 Å². The molecule has 2 heterocycles. The molecule has 2 aromatic carbocycles. The molecule has 8 heteroatoms. The number of nitrogens with zero attached hydrogens (tertiary/aromatic N) is 3. The molecule has 2 aliphatic heterocycles. The minimum Gasteiger partial charge on any atom is -0.391 e. The van der Waals surface area contributed by atoms with Gasteiger partial charge in [-0.3, -0.25) is 4.79 Å². The summed E-state index contributed by atoms with van der Waals surface area (Å²) < 4.78 is 40.7. The first-order valence-electron chi connectivity index (χ1n) is 13.8. The van der Waals surface area contributed by atoms with Crippen molar-refractivity contribution in [3.8, 4) is 11.1 Å². The Bertz CT molecular complexity index is 1090. The highest BCUT2D eigenvalue weighted by Gasteiger charge is 2.58. The van der Waals surface area contributed by atoms with Gasteiger partial charge in [0.25, 0.3) is 5.91 Å². The minimum atomic E-state index is -4.10. The molecule has 5 rings (SSSR count). The van der Waals surface area contributed by atoms with Crippen LogP contribution in [0.5, 0.6) is 0 Å². The van der Waals surface area contributed by atoms with Gasteiger partial charge in [0.1, 0.15) is 0 Å². The fraction of sp³-hybridized carbons (Fsp3) is 0.567. The van der Waals surface area contributed by atoms with Crippen LogP contribution in [0.25, 0.3) is 11.1 Å². The number of aliphatic hydroxyl groups excluding tert-OH is 1. The number of likely N-dealkylation sites (tertiary alicyclic amines) is 2. The predicted octanol–water partition coefficient (Wildman–Crippen LogP) is 5.58. The molecule has 2 saturated heterocycles. The van der Waals surface area contributed by atoms with E-state index in [1.54, 1.807) is 4.90 Å². The molecule has 1 aliphatic carbocycles. The molecule has 1 N–H and O–H groups in total. The summed E-state index contributed by atoms with van der Waals surface area (Å²) in [5.74, 6) is -0.0421. The number of benzene rings is 2. The number of aliphatic hydroxyl groups is 1. The Morgan fingerprint density at radius 1 is 0.947 bits per heavy atom. The van der Waals surface area contributed by atoms with Crippen molar-refractivity contribution >= 4 is 11.6 Å². The number of carbonyl (C=O) groups excluding carboxylic acids is 1. The van der Waals surface area contributed by atoms with Gasteiger partial charge in [-0.15, -0.1) is 0 Å². The van der Waals surface area contributed by atoms with Crippen LogP contribution in [0, 0.1) is 5.41 Å². The van der Waals surface area contributed by atoms with E-state index in [2.05, 4.69) is 36.2 Å². The first-order valence-corrected chi connectivity index (χ1v) is 13.8. The Morgan fingerprint density at radius 3 is 2.08 bits per heavy atom. The zero-order valence-corrected chi connectivity index (χ0v) is 22.1. The van der Waals surface area contributed by atoms with Gasteiger partial charge >= 0.3 is 6.18 Å². The number of β-amino-alcohol motifs (C(OH)–C–C–N with tert-alkyl or cyclic N) is 1. The van der Waals surface area contributed by atoms with Gasteiger partial charge in [0.2, 0.25) is 0 Å². The Hall–Kier alpha value is -2.58. The van der Waals surface area contributed by atoms with E-state index < -0.39 is 17.7 Å². The number of rotatable bonds is 6. The van der Waals surface area contributed by atoms with Gasteiger partial charge in [0.15, 0.2) is 0 Å². The monoisotopic (exact) mass is 529 g/mol. The lowest BCUT2D eigenvalue weighted by Crippen LogP contribution is -2.54. The zero-order chi connectivity index (χ0) is 26.9. The van der Waals surface area contributed by atoms with E-state index in [9.17, 15) is 23.1 Å². The van der Waals surface area contributed by atoms with Crippen LogP contribution in [0.2, 0.25) is 0 Å². The van der Waals surface area contributed by atoms with Crippen molar-refractivity contribution in [3.05, 3.63) is 54.1 Å². The summed E-state index contributed by atoms with van der Waals surface area (Å²) in [7, 11) is 2.07. The van der Waals surface area contributed by atoms with Gasteiger partial charge in [0.05, 0.1) is 11.5 Å². The molecule has 1 atom stereocenters. The quantitative estimate of drug-likeness (QED) is 0.531. The molecule has 3 fully saturated rings. The second kappa shape index (κ2) is 10.9. The normalized spacial score (nSPS) is 22.7. The molecule has 3 aliphatic rings. The molecule has 1 saturated carbocycles. The minimum absolute atomic E-state index is 0.0421. The Morgan fingerprint density at radius 2 is 1.55 bits per heavy atom. The predicted molar refractivity (Wildman–Crippen MR) is 143 cm³/mol. The van der Waals surface area contributed by atoms with Crippen molar-refractivity contribution in [2.45, 2.75) is 63.3 Å². The Labute approximate surface area is 223 Å². The largest absolute Gasteiger partial charge is 0.395 e. The molecular formula is C30H38F3N3O2. The number of hydrogen-bond acceptors (Lipinski definition) is 4. The Balaban J connectivity index is 1.15. The second-order valence-electron chi connectivity index (χ2n) is 11.4. The van der Waals surface area contributed by atoms with E-state index in [1.807, 2.05) is 29.2 Å². The lowest BCUT2D eigenvalue weighted by atomic mass is 9.67. The maximum atomic E-state index is 13.6. The number of carbonyl (C=O) groups is 1. The number of piperidine rings is 2. The summed E-state index contributed by atoms with van der Waals surface area (Å²) in [6.07, 6.45) is -0.0437. The number of hydrogen-bond donors (Lipinski definition) is 1. The third kappa shape index (κ3) is 5.57. The van der Waals surface area contributed by atoms with Crippen LogP contribution in [0.1, 0.15) is 55.3 Å². The van der Waals surface area contributed by atoms with Crippen LogP contribution in [-0.2, 0) is 0 Å². The van der Waals surface area contributed by atoms with Crippen LogP contribution in [0.15, 0.2) is 48.5 Å². The average Bonchev–Trinajstić information content (AvgIpc) is 2.90. The fourth-order valence-electron chi connectivity index (χ4n) is 6.25. The summed E-state index contributed by atoms with van der Waals surface area (Å²) >= 11 is 0. The molecule has 1 amide bonds. The molecule has 0 bridgehead atoms. The molecule has 0 unspecified atom stereocenters. The van der Waals surface area contributed by atoms with Crippen LogP contribution < -0.4 is 4.90 Å². The van der Waals surface area contributed by atoms with E-state index in [-0.39, 0.29) is 25.3 Å². The molecule has 38 heavy (non-hydrogen) atoms. The average molecular weight is 530 g/mol. The highest BCUT2D eigenvalue weighted by molar-refractivity contribution is 5.94. The summed E-state index contributed by atoms with van der Waals surface area (Å²) in [5.41, 5.74) is 2.32. The van der Waals surface area contributed by atoms with Crippen molar-refractivity contribution in [1.82, 2.24) is 9.80 Å². The van der Waals surface area contributed by atoms with Gasteiger partial charge < -0.3 is 19.8 Å². The second-order valence-corrected chi connectivity index (χ2v) is 11.4. The standard InChI is InChI=1S/C30H38F3N3O2/c1-34(26-13-18-35(19-14-26)21-29(15-3-16-29)30(31,32)33)25-11-9-23(10-12-25)22-5-7-24(8-6-22)28(38)36-17-2-4-27(37)20-36/h5-12,26-27,37H,2-4,13-21H2,1H3/t27-/m1/s1. The maximum absolute atomic E-state index is 13.6. The summed E-state index contributed by atoms with van der Waals surface area (Å²) in [5, 5.41) is 9.87. The lowest BCUT2D eigenvalue weighted by Gasteiger charge is -2.48. The van der Waals surface area contributed by atoms with Gasteiger partial charge in [0, 0.05) is 57.1 Å². The summed E-state index contributed by atoms with van der Waals surface area (Å²) in [4.78, 5) is 18.8. The van der Waals surface area contributed by atoms with Gasteiger partial charge in [-0.1, -0.05) is 30.7 Å². The fourth-order valence-corrected chi connectivity index (χ4v) is 6.25. The van der Waals surface area contributed by atoms with Crippen LogP contribution in [-0.4, -0.2) is 78.9 Å². The van der Waals surface area contributed by atoms with Crippen molar-refractivity contribution in [1.29, 1.82) is 0 Å². The van der Waals surface area contributed by atoms with E-state index in [4.69, 9.17) is 0 Å². The van der Waals surface area contributed by atoms with Gasteiger partial charge in [-0.25, -0.2) is 0 Å². The van der Waals surface area contributed by atoms with Gasteiger partial charge in [-0.05, 0) is 73.9 Å².